The minimum Gasteiger partial charge on any atom is -0.451 e. The molecule has 0 N–H and O–H groups in total. The highest BCUT2D eigenvalue weighted by molar-refractivity contribution is 6.01. The summed E-state index contributed by atoms with van der Waals surface area (Å²) in [7, 11) is 0. The number of carbonyl (C=O) groups is 1. The fraction of sp³-hybridized carbons (Fsp3) is 0.649. The predicted molar refractivity (Wildman–Crippen MR) is 175 cm³/mol. The number of hydrogen-bond acceptors (Lipinski definition) is 4. The van der Waals surface area contributed by atoms with Crippen LogP contribution in [-0.2, 0) is 5.41 Å². The van der Waals surface area contributed by atoms with Gasteiger partial charge in [0.25, 0.3) is 0 Å². The van der Waals surface area contributed by atoms with Crippen molar-refractivity contribution in [2.45, 2.75) is 139 Å². The second-order valence-corrected chi connectivity index (χ2v) is 15.1. The summed E-state index contributed by atoms with van der Waals surface area (Å²) in [5, 5.41) is 0. The van der Waals surface area contributed by atoms with Gasteiger partial charge in [-0.3, -0.25) is 9.79 Å². The Hall–Kier alpha value is -2.49. The topological polar surface area (TPSA) is 55.5 Å². The van der Waals surface area contributed by atoms with Crippen LogP contribution in [0.3, 0.4) is 0 Å². The van der Waals surface area contributed by atoms with Gasteiger partial charge in [0.15, 0.2) is 11.3 Å². The Morgan fingerprint density at radius 1 is 1.12 bits per heavy atom. The Morgan fingerprint density at radius 2 is 1.76 bits per heavy atom. The average Bonchev–Trinajstić information content (AvgIpc) is 3.33. The van der Waals surface area contributed by atoms with Crippen LogP contribution in [0.1, 0.15) is 155 Å². The van der Waals surface area contributed by atoms with Gasteiger partial charge in [-0.05, 0) is 87.2 Å². The molecule has 0 spiro atoms. The van der Waals surface area contributed by atoms with Gasteiger partial charge in [-0.15, -0.1) is 0 Å². The number of hydrogen-bond donors (Lipinski definition) is 0. The first-order valence-electron chi connectivity index (χ1n) is 15.8. The van der Waals surface area contributed by atoms with Gasteiger partial charge in [0, 0.05) is 40.1 Å². The van der Waals surface area contributed by atoms with Crippen molar-refractivity contribution in [1.82, 2.24) is 4.98 Å². The number of allylic oxidation sites excluding steroid dienone is 3. The van der Waals surface area contributed by atoms with Gasteiger partial charge in [0.05, 0.1) is 0 Å². The van der Waals surface area contributed by atoms with Crippen LogP contribution in [0.25, 0.3) is 11.1 Å². The first kappa shape index (κ1) is 33.0. The van der Waals surface area contributed by atoms with E-state index in [-0.39, 0.29) is 16.6 Å². The summed E-state index contributed by atoms with van der Waals surface area (Å²) in [6, 6.07) is 4.19. The summed E-state index contributed by atoms with van der Waals surface area (Å²) >= 11 is 0. The number of carbonyl (C=O) groups excluding carboxylic acids is 1. The molecule has 1 unspecified atom stereocenters. The molecule has 0 amide bonds. The SMILES string of the molecule is C=CC(CCC(C)(C)C(C)(CCC)C(=O)c1cc2nc(C3CCC(C)(C)CC3)cc(C(C)(C)C)c2o1)=N/C(C)=C\C. The van der Waals surface area contributed by atoms with Crippen molar-refractivity contribution in [3.8, 4) is 0 Å². The summed E-state index contributed by atoms with van der Waals surface area (Å²) in [6.45, 7) is 28.1. The maximum atomic E-state index is 14.4. The molecular weight excluding hydrogens is 504 g/mol. The van der Waals surface area contributed by atoms with Gasteiger partial charge in [-0.25, -0.2) is 4.98 Å². The molecule has 2 aromatic heterocycles. The Balaban J connectivity index is 2.02. The fourth-order valence-corrected chi connectivity index (χ4v) is 6.36. The molecule has 0 aromatic carbocycles. The Morgan fingerprint density at radius 3 is 2.29 bits per heavy atom. The molecule has 0 bridgehead atoms. The van der Waals surface area contributed by atoms with Crippen LogP contribution < -0.4 is 0 Å². The third-order valence-corrected chi connectivity index (χ3v) is 10.0. The van der Waals surface area contributed by atoms with Crippen molar-refractivity contribution >= 4 is 22.6 Å². The fourth-order valence-electron chi connectivity index (χ4n) is 6.36. The first-order chi connectivity index (χ1) is 19.0. The van der Waals surface area contributed by atoms with Gasteiger partial charge in [-0.2, -0.15) is 0 Å². The number of ketones is 1. The van der Waals surface area contributed by atoms with Crippen LogP contribution in [-0.4, -0.2) is 16.5 Å². The van der Waals surface area contributed by atoms with E-state index in [2.05, 4.69) is 75.0 Å². The van der Waals surface area contributed by atoms with Crippen molar-refractivity contribution in [3.63, 3.8) is 0 Å². The molecule has 4 heteroatoms. The van der Waals surface area contributed by atoms with E-state index in [0.29, 0.717) is 17.1 Å². The van der Waals surface area contributed by atoms with E-state index in [0.717, 1.165) is 72.3 Å². The Kier molecular flexibility index (Phi) is 9.98. The third-order valence-electron chi connectivity index (χ3n) is 10.0. The van der Waals surface area contributed by atoms with Crippen molar-refractivity contribution in [2.75, 3.05) is 0 Å². The molecule has 41 heavy (non-hydrogen) atoms. The minimum atomic E-state index is -0.600. The van der Waals surface area contributed by atoms with Crippen LogP contribution in [0.15, 0.2) is 46.0 Å². The number of fused-ring (bicyclic) bond motifs is 1. The zero-order chi connectivity index (χ0) is 30.8. The van der Waals surface area contributed by atoms with E-state index in [1.165, 1.54) is 12.8 Å². The van der Waals surface area contributed by atoms with Crippen LogP contribution in [0.2, 0.25) is 0 Å². The van der Waals surface area contributed by atoms with Crippen LogP contribution >= 0.6 is 0 Å². The minimum absolute atomic E-state index is 0.0740. The summed E-state index contributed by atoms with van der Waals surface area (Å²) in [5.74, 6) is 0.968. The molecule has 1 atom stereocenters. The molecule has 0 radical (unpaired) electrons. The molecule has 1 aliphatic rings. The lowest BCUT2D eigenvalue weighted by Gasteiger charge is -2.43. The maximum absolute atomic E-state index is 14.4. The summed E-state index contributed by atoms with van der Waals surface area (Å²) in [5.41, 5.74) is 5.21. The first-order valence-corrected chi connectivity index (χ1v) is 15.8. The standard InChI is InChI=1S/C37H56N2O2/c1-13-19-37(12,36(10,11)22-18-27(15-3)38-25(4)14-2)33(40)31-24-30-32(41-31)28(34(5,6)7)23-29(39-30)26-16-20-35(8,9)21-17-26/h14-15,23-24,26H,3,13,16-22H2,1-2,4-12H3/b25-14-,38-27?. The summed E-state index contributed by atoms with van der Waals surface area (Å²) in [6.07, 6.45) is 11.9. The van der Waals surface area contributed by atoms with Gasteiger partial charge in [0.1, 0.15) is 5.52 Å². The monoisotopic (exact) mass is 560 g/mol. The lowest BCUT2D eigenvalue weighted by Crippen LogP contribution is -2.42. The van der Waals surface area contributed by atoms with Gasteiger partial charge in [-0.1, -0.05) is 81.4 Å². The van der Waals surface area contributed by atoms with Crippen molar-refractivity contribution in [1.29, 1.82) is 0 Å². The number of pyridine rings is 1. The highest BCUT2D eigenvalue weighted by Crippen LogP contribution is 2.49. The predicted octanol–water partition coefficient (Wildman–Crippen LogP) is 11.2. The summed E-state index contributed by atoms with van der Waals surface area (Å²) < 4.78 is 6.51. The van der Waals surface area contributed by atoms with Crippen LogP contribution in [0.4, 0.5) is 0 Å². The molecule has 226 valence electrons. The molecule has 0 saturated heterocycles. The molecule has 0 aliphatic heterocycles. The van der Waals surface area contributed by atoms with Crippen molar-refractivity contribution in [3.05, 3.63) is 53.6 Å². The van der Waals surface area contributed by atoms with Gasteiger partial charge < -0.3 is 4.42 Å². The number of Topliss-reactive ketones (excluding diaryl/α,β-unsaturated/α-hetero) is 1. The molecule has 1 aliphatic carbocycles. The number of nitrogens with zero attached hydrogens (tertiary/aromatic N) is 2. The normalized spacial score (nSPS) is 18.9. The molecule has 1 fully saturated rings. The lowest BCUT2D eigenvalue weighted by atomic mass is 9.59. The molecule has 3 rings (SSSR count). The van der Waals surface area contributed by atoms with E-state index in [9.17, 15) is 4.79 Å². The molecule has 1 saturated carbocycles. The number of furan rings is 1. The van der Waals surface area contributed by atoms with E-state index in [4.69, 9.17) is 14.4 Å². The number of aliphatic imine (C=N–C) groups is 1. The van der Waals surface area contributed by atoms with E-state index in [1.54, 1.807) is 0 Å². The van der Waals surface area contributed by atoms with E-state index < -0.39 is 5.41 Å². The Labute approximate surface area is 250 Å². The Bertz CT molecular complexity index is 1300. The van der Waals surface area contributed by atoms with Crippen molar-refractivity contribution in [2.24, 2.45) is 21.2 Å². The zero-order valence-corrected chi connectivity index (χ0v) is 28.0. The zero-order valence-electron chi connectivity index (χ0n) is 28.0. The second-order valence-electron chi connectivity index (χ2n) is 15.1. The highest BCUT2D eigenvalue weighted by atomic mass is 16.3. The van der Waals surface area contributed by atoms with Crippen LogP contribution in [0.5, 0.6) is 0 Å². The van der Waals surface area contributed by atoms with Crippen molar-refractivity contribution < 1.29 is 9.21 Å². The highest BCUT2D eigenvalue weighted by Gasteiger charge is 2.47. The van der Waals surface area contributed by atoms with E-state index >= 15 is 0 Å². The molecular formula is C37H56N2O2. The largest absolute Gasteiger partial charge is 0.451 e. The van der Waals surface area contributed by atoms with E-state index in [1.807, 2.05) is 32.1 Å². The van der Waals surface area contributed by atoms with Gasteiger partial charge >= 0.3 is 0 Å². The smallest absolute Gasteiger partial charge is 0.204 e. The second kappa shape index (κ2) is 12.4. The molecule has 2 heterocycles. The summed E-state index contributed by atoms with van der Waals surface area (Å²) in [4.78, 5) is 24.3. The molecule has 4 nitrogen and oxygen atoms in total. The lowest BCUT2D eigenvalue weighted by molar-refractivity contribution is 0.0417. The molecule has 2 aromatic rings. The number of aromatic nitrogens is 1. The quantitative estimate of drug-likeness (QED) is 0.203. The number of rotatable bonds is 11. The maximum Gasteiger partial charge on any atom is 0.204 e. The van der Waals surface area contributed by atoms with Crippen LogP contribution in [0, 0.1) is 16.2 Å². The van der Waals surface area contributed by atoms with Gasteiger partial charge in [0.2, 0.25) is 5.78 Å². The average molecular weight is 561 g/mol. The third kappa shape index (κ3) is 7.30.